The minimum Gasteiger partial charge on any atom is -0.395 e. The van der Waals surface area contributed by atoms with Crippen LogP contribution in [-0.4, -0.2) is 28.2 Å². The van der Waals surface area contributed by atoms with Crippen molar-refractivity contribution < 1.29 is 10.0 Å². The van der Waals surface area contributed by atoms with Crippen LogP contribution in [0.5, 0.6) is 0 Å². The molecule has 1 heterocycles. The van der Waals surface area contributed by atoms with Gasteiger partial charge in [-0.3, -0.25) is 10.1 Å². The van der Waals surface area contributed by atoms with Gasteiger partial charge in [-0.1, -0.05) is 0 Å². The molecule has 7 heteroatoms. The Kier molecular flexibility index (Phi) is 3.19. The number of rotatable bonds is 4. The number of hydrogen-bond donors (Lipinski definition) is 3. The van der Waals surface area contributed by atoms with E-state index < -0.39 is 4.92 Å². The number of nitrogens with two attached hydrogens (primary N) is 1. The van der Waals surface area contributed by atoms with Crippen molar-refractivity contribution in [3.05, 3.63) is 22.2 Å². The summed E-state index contributed by atoms with van der Waals surface area (Å²) < 4.78 is 0. The zero-order valence-corrected chi connectivity index (χ0v) is 7.30. The van der Waals surface area contributed by atoms with Gasteiger partial charge in [0.2, 0.25) is 5.82 Å². The molecule has 0 atom stereocenters. The molecule has 1 aromatic rings. The molecule has 0 aliphatic heterocycles. The molecule has 0 aliphatic carbocycles. The molecular formula is C7H10N4O3. The van der Waals surface area contributed by atoms with E-state index in [0.29, 0.717) is 0 Å². The molecular weight excluding hydrogens is 188 g/mol. The van der Waals surface area contributed by atoms with Crippen LogP contribution in [0.2, 0.25) is 0 Å². The highest BCUT2D eigenvalue weighted by molar-refractivity contribution is 5.59. The highest BCUT2D eigenvalue weighted by Crippen LogP contribution is 2.22. The third-order valence-corrected chi connectivity index (χ3v) is 1.50. The lowest BCUT2D eigenvalue weighted by Crippen LogP contribution is -2.09. The van der Waals surface area contributed by atoms with Gasteiger partial charge < -0.3 is 16.2 Å². The van der Waals surface area contributed by atoms with E-state index in [1.54, 1.807) is 0 Å². The van der Waals surface area contributed by atoms with Gasteiger partial charge in [-0.05, 0) is 6.07 Å². The van der Waals surface area contributed by atoms with Crippen molar-refractivity contribution >= 4 is 17.3 Å². The fraction of sp³-hybridized carbons (Fsp3) is 0.286. The van der Waals surface area contributed by atoms with Gasteiger partial charge in [0.05, 0.1) is 11.5 Å². The number of hydrogen-bond acceptors (Lipinski definition) is 6. The molecule has 1 rings (SSSR count). The molecule has 0 unspecified atom stereocenters. The standard InChI is InChI=1S/C7H10N4O3/c8-6-2-1-5(11(13)14)7(10-6)9-3-4-12/h1-2,12H,3-4H2,(H3,8,9,10). The largest absolute Gasteiger partial charge is 0.395 e. The Morgan fingerprint density at radius 1 is 1.64 bits per heavy atom. The Hall–Kier alpha value is -1.89. The molecule has 0 aliphatic rings. The monoisotopic (exact) mass is 198 g/mol. The SMILES string of the molecule is Nc1ccc([N+](=O)[O-])c(NCCO)n1. The van der Waals surface area contributed by atoms with Crippen molar-refractivity contribution in [2.24, 2.45) is 0 Å². The number of nitrogens with one attached hydrogen (secondary N) is 1. The molecule has 0 saturated heterocycles. The zero-order chi connectivity index (χ0) is 10.6. The number of anilines is 2. The molecule has 0 saturated carbocycles. The topological polar surface area (TPSA) is 114 Å². The van der Waals surface area contributed by atoms with E-state index >= 15 is 0 Å². The third kappa shape index (κ3) is 2.30. The smallest absolute Gasteiger partial charge is 0.311 e. The third-order valence-electron chi connectivity index (χ3n) is 1.50. The van der Waals surface area contributed by atoms with Gasteiger partial charge in [0.1, 0.15) is 5.82 Å². The van der Waals surface area contributed by atoms with Crippen LogP contribution in [0.3, 0.4) is 0 Å². The molecule has 14 heavy (non-hydrogen) atoms. The number of nitro groups is 1. The van der Waals surface area contributed by atoms with E-state index in [4.69, 9.17) is 10.8 Å². The van der Waals surface area contributed by atoms with Crippen LogP contribution in [0, 0.1) is 10.1 Å². The van der Waals surface area contributed by atoms with Crippen LogP contribution in [0.25, 0.3) is 0 Å². The van der Waals surface area contributed by atoms with Gasteiger partial charge in [0.15, 0.2) is 0 Å². The van der Waals surface area contributed by atoms with Gasteiger partial charge in [-0.25, -0.2) is 4.98 Å². The first kappa shape index (κ1) is 10.2. The van der Waals surface area contributed by atoms with Crippen molar-refractivity contribution in [2.75, 3.05) is 24.2 Å². The van der Waals surface area contributed by atoms with Gasteiger partial charge >= 0.3 is 5.69 Å². The van der Waals surface area contributed by atoms with Crippen LogP contribution >= 0.6 is 0 Å². The highest BCUT2D eigenvalue weighted by Gasteiger charge is 2.14. The summed E-state index contributed by atoms with van der Waals surface area (Å²) in [6.07, 6.45) is 0. The Balaban J connectivity index is 2.97. The summed E-state index contributed by atoms with van der Waals surface area (Å²) in [4.78, 5) is 13.7. The van der Waals surface area contributed by atoms with Gasteiger partial charge in [-0.2, -0.15) is 0 Å². The minimum atomic E-state index is -0.563. The number of aliphatic hydroxyl groups is 1. The first-order chi connectivity index (χ1) is 6.65. The summed E-state index contributed by atoms with van der Waals surface area (Å²) in [6.45, 7) is 0.0604. The summed E-state index contributed by atoms with van der Waals surface area (Å²) in [7, 11) is 0. The predicted octanol–water partition coefficient (Wildman–Crippen LogP) is -0.0238. The molecule has 0 amide bonds. The van der Waals surface area contributed by atoms with Crippen molar-refractivity contribution in [3.63, 3.8) is 0 Å². The maximum Gasteiger partial charge on any atom is 0.311 e. The lowest BCUT2D eigenvalue weighted by Gasteiger charge is -2.04. The molecule has 7 nitrogen and oxygen atoms in total. The quantitative estimate of drug-likeness (QED) is 0.462. The Morgan fingerprint density at radius 2 is 2.36 bits per heavy atom. The second-order valence-corrected chi connectivity index (χ2v) is 2.51. The number of aliphatic hydroxyl groups excluding tert-OH is 1. The summed E-state index contributed by atoms with van der Waals surface area (Å²) in [5, 5.41) is 21.7. The van der Waals surface area contributed by atoms with E-state index in [1.165, 1.54) is 12.1 Å². The van der Waals surface area contributed by atoms with E-state index in [2.05, 4.69) is 10.3 Å². The lowest BCUT2D eigenvalue weighted by atomic mass is 10.3. The average molecular weight is 198 g/mol. The number of pyridine rings is 1. The summed E-state index contributed by atoms with van der Waals surface area (Å²) in [5.41, 5.74) is 5.20. The molecule has 0 radical (unpaired) electrons. The maximum absolute atomic E-state index is 10.5. The lowest BCUT2D eigenvalue weighted by molar-refractivity contribution is -0.384. The molecule has 0 fully saturated rings. The fourth-order valence-corrected chi connectivity index (χ4v) is 0.919. The maximum atomic E-state index is 10.5. The molecule has 1 aromatic heterocycles. The Morgan fingerprint density at radius 3 is 2.93 bits per heavy atom. The molecule has 76 valence electrons. The second-order valence-electron chi connectivity index (χ2n) is 2.51. The number of aromatic nitrogens is 1. The first-order valence-corrected chi connectivity index (χ1v) is 3.91. The molecule has 0 bridgehead atoms. The van der Waals surface area contributed by atoms with Crippen LogP contribution in [0.15, 0.2) is 12.1 Å². The van der Waals surface area contributed by atoms with E-state index in [9.17, 15) is 10.1 Å². The molecule has 4 N–H and O–H groups in total. The number of nitrogen functional groups attached to an aromatic ring is 1. The van der Waals surface area contributed by atoms with Crippen molar-refractivity contribution in [1.82, 2.24) is 4.98 Å². The average Bonchev–Trinajstić information content (AvgIpc) is 2.14. The predicted molar refractivity (Wildman–Crippen MR) is 50.9 cm³/mol. The molecule has 0 spiro atoms. The number of nitrogens with zero attached hydrogens (tertiary/aromatic N) is 2. The first-order valence-electron chi connectivity index (χ1n) is 3.91. The minimum absolute atomic E-state index is 0.0732. The van der Waals surface area contributed by atoms with E-state index in [1.807, 2.05) is 0 Å². The fourth-order valence-electron chi connectivity index (χ4n) is 0.919. The normalized spacial score (nSPS) is 9.79. The van der Waals surface area contributed by atoms with Crippen LogP contribution in [0.4, 0.5) is 17.3 Å². The van der Waals surface area contributed by atoms with Crippen LogP contribution in [0.1, 0.15) is 0 Å². The van der Waals surface area contributed by atoms with E-state index in [0.717, 1.165) is 0 Å². The molecule has 0 aromatic carbocycles. The highest BCUT2D eigenvalue weighted by atomic mass is 16.6. The Bertz CT molecular complexity index is 342. The summed E-state index contributed by atoms with van der Waals surface area (Å²) in [6, 6.07) is 2.62. The summed E-state index contributed by atoms with van der Waals surface area (Å²) >= 11 is 0. The summed E-state index contributed by atoms with van der Waals surface area (Å²) in [5.74, 6) is 0.264. The van der Waals surface area contributed by atoms with E-state index in [-0.39, 0.29) is 30.5 Å². The second kappa shape index (κ2) is 4.38. The van der Waals surface area contributed by atoms with Gasteiger partial charge in [0, 0.05) is 12.6 Å². The van der Waals surface area contributed by atoms with Crippen molar-refractivity contribution in [3.8, 4) is 0 Å². The Labute approximate surface area is 79.7 Å². The van der Waals surface area contributed by atoms with Crippen molar-refractivity contribution in [1.29, 1.82) is 0 Å². The zero-order valence-electron chi connectivity index (χ0n) is 7.30. The van der Waals surface area contributed by atoms with Gasteiger partial charge in [-0.15, -0.1) is 0 Å². The van der Waals surface area contributed by atoms with Crippen LogP contribution in [-0.2, 0) is 0 Å². The van der Waals surface area contributed by atoms with Gasteiger partial charge in [0.25, 0.3) is 0 Å². The van der Waals surface area contributed by atoms with Crippen molar-refractivity contribution in [2.45, 2.75) is 0 Å². The van der Waals surface area contributed by atoms with Crippen LogP contribution < -0.4 is 11.1 Å².